The molecule has 19 heavy (non-hydrogen) atoms. The number of hydrogen-bond acceptors (Lipinski definition) is 2. The molecule has 0 radical (unpaired) electrons. The summed E-state index contributed by atoms with van der Waals surface area (Å²) in [7, 11) is 0. The van der Waals surface area contributed by atoms with Gasteiger partial charge in [-0.05, 0) is 55.9 Å². The van der Waals surface area contributed by atoms with Gasteiger partial charge in [-0.2, -0.15) is 0 Å². The zero-order chi connectivity index (χ0) is 13.7. The van der Waals surface area contributed by atoms with Gasteiger partial charge in [-0.15, -0.1) is 0 Å². The van der Waals surface area contributed by atoms with E-state index in [0.717, 1.165) is 25.1 Å². The van der Waals surface area contributed by atoms with Crippen molar-refractivity contribution in [2.75, 3.05) is 11.9 Å². The lowest BCUT2D eigenvalue weighted by Gasteiger charge is -2.16. The molecule has 1 atom stereocenters. The summed E-state index contributed by atoms with van der Waals surface area (Å²) < 4.78 is 0. The lowest BCUT2D eigenvalue weighted by atomic mass is 10.1. The van der Waals surface area contributed by atoms with Crippen molar-refractivity contribution in [3.8, 4) is 0 Å². The van der Waals surface area contributed by atoms with Crippen LogP contribution in [-0.2, 0) is 17.6 Å². The SMILES string of the molecule is CCCCNC(=O)C(C)Nc1ccc2c(c1)CCC2. The molecule has 1 aliphatic rings. The van der Waals surface area contributed by atoms with Gasteiger partial charge in [0.1, 0.15) is 6.04 Å². The van der Waals surface area contributed by atoms with Crippen molar-refractivity contribution in [3.05, 3.63) is 29.3 Å². The minimum Gasteiger partial charge on any atom is -0.374 e. The van der Waals surface area contributed by atoms with Gasteiger partial charge in [0.25, 0.3) is 0 Å². The van der Waals surface area contributed by atoms with Gasteiger partial charge in [0.05, 0.1) is 0 Å². The van der Waals surface area contributed by atoms with E-state index in [1.807, 2.05) is 6.92 Å². The Hall–Kier alpha value is -1.51. The van der Waals surface area contributed by atoms with Gasteiger partial charge in [-0.25, -0.2) is 0 Å². The lowest BCUT2D eigenvalue weighted by molar-refractivity contribution is -0.121. The Kier molecular flexibility index (Phi) is 4.83. The molecular formula is C16H24N2O. The maximum Gasteiger partial charge on any atom is 0.242 e. The summed E-state index contributed by atoms with van der Waals surface area (Å²) in [6.45, 7) is 4.80. The van der Waals surface area contributed by atoms with Crippen LogP contribution in [0.25, 0.3) is 0 Å². The predicted octanol–water partition coefficient (Wildman–Crippen LogP) is 2.89. The Bertz CT molecular complexity index is 442. The van der Waals surface area contributed by atoms with Crippen molar-refractivity contribution in [1.82, 2.24) is 5.32 Å². The molecule has 2 rings (SSSR count). The van der Waals surface area contributed by atoms with Gasteiger partial charge in [-0.1, -0.05) is 19.4 Å². The van der Waals surface area contributed by atoms with Crippen molar-refractivity contribution >= 4 is 11.6 Å². The zero-order valence-electron chi connectivity index (χ0n) is 12.0. The molecule has 104 valence electrons. The summed E-state index contributed by atoms with van der Waals surface area (Å²) in [5, 5.41) is 6.24. The van der Waals surface area contributed by atoms with E-state index in [0.29, 0.717) is 0 Å². The molecule has 1 aromatic rings. The first-order valence-electron chi connectivity index (χ1n) is 7.36. The highest BCUT2D eigenvalue weighted by atomic mass is 16.2. The van der Waals surface area contributed by atoms with Crippen molar-refractivity contribution in [3.63, 3.8) is 0 Å². The molecule has 0 fully saturated rings. The third-order valence-corrected chi connectivity index (χ3v) is 3.70. The highest BCUT2D eigenvalue weighted by Crippen LogP contribution is 2.25. The number of aryl methyl sites for hydroxylation is 2. The number of amides is 1. The van der Waals surface area contributed by atoms with E-state index in [1.165, 1.54) is 30.4 Å². The summed E-state index contributed by atoms with van der Waals surface area (Å²) >= 11 is 0. The molecule has 3 nitrogen and oxygen atoms in total. The predicted molar refractivity (Wildman–Crippen MR) is 79.5 cm³/mol. The second-order valence-electron chi connectivity index (χ2n) is 5.35. The third-order valence-electron chi connectivity index (χ3n) is 3.70. The number of anilines is 1. The van der Waals surface area contributed by atoms with Crippen LogP contribution in [-0.4, -0.2) is 18.5 Å². The molecular weight excluding hydrogens is 236 g/mol. The standard InChI is InChI=1S/C16H24N2O/c1-3-4-10-17-16(19)12(2)18-15-9-8-13-6-5-7-14(13)11-15/h8-9,11-12,18H,3-7,10H2,1-2H3,(H,17,19). The van der Waals surface area contributed by atoms with Crippen molar-refractivity contribution < 1.29 is 4.79 Å². The van der Waals surface area contributed by atoms with E-state index in [1.54, 1.807) is 0 Å². The summed E-state index contributed by atoms with van der Waals surface area (Å²) in [6, 6.07) is 6.28. The molecule has 0 bridgehead atoms. The van der Waals surface area contributed by atoms with E-state index in [-0.39, 0.29) is 11.9 Å². The highest BCUT2D eigenvalue weighted by molar-refractivity contribution is 5.84. The number of rotatable bonds is 6. The molecule has 1 unspecified atom stereocenters. The van der Waals surface area contributed by atoms with Gasteiger partial charge in [0.15, 0.2) is 0 Å². The van der Waals surface area contributed by atoms with E-state index >= 15 is 0 Å². The monoisotopic (exact) mass is 260 g/mol. The third kappa shape index (κ3) is 3.72. The molecule has 3 heteroatoms. The van der Waals surface area contributed by atoms with Gasteiger partial charge in [-0.3, -0.25) is 4.79 Å². The summed E-state index contributed by atoms with van der Waals surface area (Å²) in [5.41, 5.74) is 3.95. The number of unbranched alkanes of at least 4 members (excludes halogenated alkanes) is 1. The minimum absolute atomic E-state index is 0.0777. The van der Waals surface area contributed by atoms with Crippen LogP contribution in [0.1, 0.15) is 44.2 Å². The van der Waals surface area contributed by atoms with Crippen LogP contribution in [0.4, 0.5) is 5.69 Å². The smallest absolute Gasteiger partial charge is 0.242 e. The fraction of sp³-hybridized carbons (Fsp3) is 0.562. The highest BCUT2D eigenvalue weighted by Gasteiger charge is 2.14. The second kappa shape index (κ2) is 6.60. The topological polar surface area (TPSA) is 41.1 Å². The molecule has 1 aromatic carbocycles. The quantitative estimate of drug-likeness (QED) is 0.772. The average Bonchev–Trinajstić information content (AvgIpc) is 2.86. The van der Waals surface area contributed by atoms with Crippen LogP contribution in [0.2, 0.25) is 0 Å². The molecule has 1 aliphatic carbocycles. The van der Waals surface area contributed by atoms with Crippen LogP contribution in [0.5, 0.6) is 0 Å². The fourth-order valence-electron chi connectivity index (χ4n) is 2.52. The number of nitrogens with one attached hydrogen (secondary N) is 2. The van der Waals surface area contributed by atoms with Crippen LogP contribution >= 0.6 is 0 Å². The maximum absolute atomic E-state index is 11.9. The first-order chi connectivity index (χ1) is 9.20. The van der Waals surface area contributed by atoms with Crippen LogP contribution in [0.3, 0.4) is 0 Å². The molecule has 1 amide bonds. The molecule has 0 aromatic heterocycles. The van der Waals surface area contributed by atoms with Gasteiger partial charge < -0.3 is 10.6 Å². The molecule has 2 N–H and O–H groups in total. The summed E-state index contributed by atoms with van der Waals surface area (Å²) in [5.74, 6) is 0.0777. The largest absolute Gasteiger partial charge is 0.374 e. The first kappa shape index (κ1) is 13.9. The maximum atomic E-state index is 11.9. The lowest BCUT2D eigenvalue weighted by Crippen LogP contribution is -2.38. The number of hydrogen-bond donors (Lipinski definition) is 2. The van der Waals surface area contributed by atoms with E-state index in [9.17, 15) is 4.79 Å². The Morgan fingerprint density at radius 3 is 2.89 bits per heavy atom. The van der Waals surface area contributed by atoms with Gasteiger partial charge in [0, 0.05) is 12.2 Å². The minimum atomic E-state index is -0.184. The average molecular weight is 260 g/mol. The Balaban J connectivity index is 1.88. The van der Waals surface area contributed by atoms with Gasteiger partial charge >= 0.3 is 0 Å². The van der Waals surface area contributed by atoms with Crippen LogP contribution in [0.15, 0.2) is 18.2 Å². The normalized spacial score (nSPS) is 14.8. The molecule has 0 saturated carbocycles. The van der Waals surface area contributed by atoms with Crippen molar-refractivity contribution in [2.45, 2.75) is 52.0 Å². The molecule has 0 aliphatic heterocycles. The Morgan fingerprint density at radius 1 is 1.32 bits per heavy atom. The summed E-state index contributed by atoms with van der Waals surface area (Å²) in [6.07, 6.45) is 5.76. The Morgan fingerprint density at radius 2 is 2.11 bits per heavy atom. The van der Waals surface area contributed by atoms with Crippen LogP contribution < -0.4 is 10.6 Å². The molecule has 0 heterocycles. The number of fused-ring (bicyclic) bond motifs is 1. The van der Waals surface area contributed by atoms with Gasteiger partial charge in [0.2, 0.25) is 5.91 Å². The van der Waals surface area contributed by atoms with Crippen LogP contribution in [0, 0.1) is 0 Å². The number of benzene rings is 1. The first-order valence-corrected chi connectivity index (χ1v) is 7.36. The van der Waals surface area contributed by atoms with E-state index in [4.69, 9.17) is 0 Å². The molecule has 0 spiro atoms. The number of carbonyl (C=O) groups excluding carboxylic acids is 1. The van der Waals surface area contributed by atoms with E-state index < -0.39 is 0 Å². The second-order valence-corrected chi connectivity index (χ2v) is 5.35. The fourth-order valence-corrected chi connectivity index (χ4v) is 2.52. The zero-order valence-corrected chi connectivity index (χ0v) is 12.0. The van der Waals surface area contributed by atoms with E-state index in [2.05, 4.69) is 35.8 Å². The Labute approximate surface area is 115 Å². The van der Waals surface area contributed by atoms with Crippen molar-refractivity contribution in [2.24, 2.45) is 0 Å². The molecule has 0 saturated heterocycles. The number of carbonyl (C=O) groups is 1. The van der Waals surface area contributed by atoms with Crippen molar-refractivity contribution in [1.29, 1.82) is 0 Å². The summed E-state index contributed by atoms with van der Waals surface area (Å²) in [4.78, 5) is 11.9.